The van der Waals surface area contributed by atoms with Crippen LogP contribution in [0, 0.1) is 0 Å². The van der Waals surface area contributed by atoms with Crippen LogP contribution in [0.2, 0.25) is 10.2 Å². The summed E-state index contributed by atoms with van der Waals surface area (Å²) in [5, 5.41) is 9.94. The molecule has 0 amide bonds. The molecule has 14 heavy (non-hydrogen) atoms. The lowest BCUT2D eigenvalue weighted by molar-refractivity contribution is 1.04. The molecule has 2 aromatic rings. The molecule has 1 aromatic carbocycles. The zero-order valence-corrected chi connectivity index (χ0v) is 8.47. The summed E-state index contributed by atoms with van der Waals surface area (Å²) in [6.45, 7) is 0. The zero-order valence-electron chi connectivity index (χ0n) is 6.96. The average molecular weight is 229 g/mol. The van der Waals surface area contributed by atoms with Crippen molar-refractivity contribution in [2.45, 2.75) is 0 Å². The Morgan fingerprint density at radius 3 is 2.64 bits per heavy atom. The largest absolute Gasteiger partial charge is 0.306 e. The van der Waals surface area contributed by atoms with Crippen LogP contribution in [-0.2, 0) is 0 Å². The molecule has 72 valence electrons. The van der Waals surface area contributed by atoms with Crippen LogP contribution in [0.1, 0.15) is 0 Å². The number of nitrogens with zero attached hydrogens (tertiary/aromatic N) is 2. The Balaban J connectivity index is 2.84. The molecule has 0 aliphatic carbocycles. The summed E-state index contributed by atoms with van der Waals surface area (Å²) < 4.78 is 0. The van der Waals surface area contributed by atoms with Crippen LogP contribution in [0.3, 0.4) is 0 Å². The molecular weight excluding hydrogens is 223 g/mol. The number of halogens is 2. The second-order valence-electron chi connectivity index (χ2n) is 2.67. The number of hydrazine groups is 1. The second-order valence-corrected chi connectivity index (χ2v) is 3.47. The number of nitrogens with two attached hydrogens (primary N) is 1. The minimum absolute atomic E-state index is 0.307. The average Bonchev–Trinajstić information content (AvgIpc) is 2.19. The van der Waals surface area contributed by atoms with Crippen LogP contribution < -0.4 is 11.3 Å². The first-order chi connectivity index (χ1) is 6.72. The summed E-state index contributed by atoms with van der Waals surface area (Å²) >= 11 is 11.7. The predicted molar refractivity (Wildman–Crippen MR) is 57.4 cm³/mol. The molecule has 0 saturated carbocycles. The number of nitrogen functional groups attached to an aromatic ring is 1. The van der Waals surface area contributed by atoms with Crippen molar-refractivity contribution in [3.8, 4) is 0 Å². The SMILES string of the molecule is NNc1nnc(Cl)c2cc(Cl)ccc12. The lowest BCUT2D eigenvalue weighted by Crippen LogP contribution is -2.09. The van der Waals surface area contributed by atoms with Crippen LogP contribution >= 0.6 is 23.2 Å². The Bertz CT molecular complexity index is 486. The molecule has 0 unspecified atom stereocenters. The summed E-state index contributed by atoms with van der Waals surface area (Å²) in [6.07, 6.45) is 0. The fourth-order valence-electron chi connectivity index (χ4n) is 1.20. The standard InChI is InChI=1S/C8H6Cl2N4/c9-4-1-2-5-6(3-4)7(10)13-14-8(5)12-11/h1-3H,11H2,(H,12,14). The first-order valence-corrected chi connectivity index (χ1v) is 4.56. The van der Waals surface area contributed by atoms with Gasteiger partial charge in [-0.25, -0.2) is 5.84 Å². The molecular formula is C8H6Cl2N4. The minimum atomic E-state index is 0.307. The Labute approximate surface area is 90.0 Å². The highest BCUT2D eigenvalue weighted by molar-refractivity contribution is 6.36. The monoisotopic (exact) mass is 228 g/mol. The van der Waals surface area contributed by atoms with Crippen molar-refractivity contribution in [2.24, 2.45) is 5.84 Å². The molecule has 0 radical (unpaired) electrons. The second kappa shape index (κ2) is 3.57. The molecule has 0 atom stereocenters. The van der Waals surface area contributed by atoms with Crippen LogP contribution in [0.25, 0.3) is 10.8 Å². The van der Waals surface area contributed by atoms with E-state index >= 15 is 0 Å². The van der Waals surface area contributed by atoms with Crippen molar-refractivity contribution in [2.75, 3.05) is 5.43 Å². The van der Waals surface area contributed by atoms with Gasteiger partial charge in [-0.05, 0) is 18.2 Å². The lowest BCUT2D eigenvalue weighted by Gasteiger charge is -2.04. The van der Waals surface area contributed by atoms with Crippen molar-refractivity contribution >= 4 is 39.8 Å². The third kappa shape index (κ3) is 1.48. The van der Waals surface area contributed by atoms with E-state index < -0.39 is 0 Å². The maximum absolute atomic E-state index is 5.86. The van der Waals surface area contributed by atoms with Crippen molar-refractivity contribution < 1.29 is 0 Å². The van der Waals surface area contributed by atoms with Gasteiger partial charge in [0.25, 0.3) is 0 Å². The van der Waals surface area contributed by atoms with Gasteiger partial charge in [0.05, 0.1) is 0 Å². The summed E-state index contributed by atoms with van der Waals surface area (Å²) in [5.41, 5.74) is 2.44. The van der Waals surface area contributed by atoms with Gasteiger partial charge in [-0.3, -0.25) is 0 Å². The molecule has 1 aromatic heterocycles. The van der Waals surface area contributed by atoms with Gasteiger partial charge in [-0.15, -0.1) is 10.2 Å². The van der Waals surface area contributed by atoms with Gasteiger partial charge in [-0.2, -0.15) is 0 Å². The normalized spacial score (nSPS) is 10.5. The van der Waals surface area contributed by atoms with Crippen LogP contribution in [-0.4, -0.2) is 10.2 Å². The van der Waals surface area contributed by atoms with Gasteiger partial charge in [0.15, 0.2) is 11.0 Å². The van der Waals surface area contributed by atoms with Gasteiger partial charge in [0, 0.05) is 15.8 Å². The number of hydrogen-bond donors (Lipinski definition) is 2. The van der Waals surface area contributed by atoms with E-state index in [1.807, 2.05) is 0 Å². The third-order valence-electron chi connectivity index (χ3n) is 1.83. The van der Waals surface area contributed by atoms with Gasteiger partial charge < -0.3 is 5.43 Å². The number of nitrogens with one attached hydrogen (secondary N) is 1. The molecule has 0 fully saturated rings. The predicted octanol–water partition coefficient (Wildman–Crippen LogP) is 2.22. The molecule has 0 aliphatic heterocycles. The third-order valence-corrected chi connectivity index (χ3v) is 2.35. The van der Waals surface area contributed by atoms with E-state index in [-0.39, 0.29) is 0 Å². The van der Waals surface area contributed by atoms with Gasteiger partial charge in [0.2, 0.25) is 0 Å². The van der Waals surface area contributed by atoms with E-state index in [4.69, 9.17) is 29.0 Å². The van der Waals surface area contributed by atoms with Gasteiger partial charge in [-0.1, -0.05) is 23.2 Å². The lowest BCUT2D eigenvalue weighted by atomic mass is 10.2. The van der Waals surface area contributed by atoms with E-state index in [0.29, 0.717) is 16.0 Å². The molecule has 0 spiro atoms. The Morgan fingerprint density at radius 1 is 1.14 bits per heavy atom. The highest BCUT2D eigenvalue weighted by Gasteiger charge is 2.06. The zero-order chi connectivity index (χ0) is 10.1. The first kappa shape index (κ1) is 9.45. The van der Waals surface area contributed by atoms with Gasteiger partial charge >= 0.3 is 0 Å². The van der Waals surface area contributed by atoms with Crippen LogP contribution in [0.5, 0.6) is 0 Å². The summed E-state index contributed by atoms with van der Waals surface area (Å²) in [6, 6.07) is 5.24. The van der Waals surface area contributed by atoms with Crippen LogP contribution in [0.15, 0.2) is 18.2 Å². The number of anilines is 1. The fraction of sp³-hybridized carbons (Fsp3) is 0. The highest BCUT2D eigenvalue weighted by atomic mass is 35.5. The van der Waals surface area contributed by atoms with E-state index in [0.717, 1.165) is 10.8 Å². The van der Waals surface area contributed by atoms with Crippen molar-refractivity contribution in [1.82, 2.24) is 10.2 Å². The molecule has 0 bridgehead atoms. The smallest absolute Gasteiger partial charge is 0.170 e. The molecule has 0 aliphatic rings. The van der Waals surface area contributed by atoms with Gasteiger partial charge in [0.1, 0.15) is 0 Å². The van der Waals surface area contributed by atoms with Crippen LogP contribution in [0.4, 0.5) is 5.82 Å². The molecule has 3 N–H and O–H groups in total. The summed E-state index contributed by atoms with van der Waals surface area (Å²) in [4.78, 5) is 0. The number of rotatable bonds is 1. The first-order valence-electron chi connectivity index (χ1n) is 3.80. The van der Waals surface area contributed by atoms with Crippen molar-refractivity contribution in [3.05, 3.63) is 28.4 Å². The fourth-order valence-corrected chi connectivity index (χ4v) is 1.57. The Kier molecular flexibility index (Phi) is 2.41. The number of hydrogen-bond acceptors (Lipinski definition) is 4. The molecule has 1 heterocycles. The van der Waals surface area contributed by atoms with E-state index in [2.05, 4.69) is 15.6 Å². The summed E-state index contributed by atoms with van der Waals surface area (Å²) in [7, 11) is 0. The highest BCUT2D eigenvalue weighted by Crippen LogP contribution is 2.27. The van der Waals surface area contributed by atoms with Crippen molar-refractivity contribution in [1.29, 1.82) is 0 Å². The molecule has 4 nitrogen and oxygen atoms in total. The maximum Gasteiger partial charge on any atom is 0.170 e. The maximum atomic E-state index is 5.86. The quantitative estimate of drug-likeness (QED) is 0.581. The molecule has 2 rings (SSSR count). The van der Waals surface area contributed by atoms with E-state index in [1.54, 1.807) is 18.2 Å². The molecule has 0 saturated heterocycles. The minimum Gasteiger partial charge on any atom is -0.306 e. The van der Waals surface area contributed by atoms with Crippen molar-refractivity contribution in [3.63, 3.8) is 0 Å². The summed E-state index contributed by atoms with van der Waals surface area (Å²) in [5.74, 6) is 5.75. The molecule has 6 heteroatoms. The number of benzene rings is 1. The topological polar surface area (TPSA) is 63.8 Å². The number of aromatic nitrogens is 2. The Morgan fingerprint density at radius 2 is 1.93 bits per heavy atom. The van der Waals surface area contributed by atoms with E-state index in [1.165, 1.54) is 0 Å². The Hall–Kier alpha value is -1.10. The van der Waals surface area contributed by atoms with E-state index in [9.17, 15) is 0 Å². The number of fused-ring (bicyclic) bond motifs is 1.